The molecule has 7 aromatic carbocycles. The molecule has 0 spiro atoms. The Morgan fingerprint density at radius 2 is 0.800 bits per heavy atom. The lowest BCUT2D eigenvalue weighted by Crippen LogP contribution is -2.00. The van der Waals surface area contributed by atoms with Crippen molar-refractivity contribution >= 4 is 21.9 Å². The van der Waals surface area contributed by atoms with Gasteiger partial charge in [0.2, 0.25) is 0 Å². The smallest absolute Gasteiger partial charge is 0.164 e. The van der Waals surface area contributed by atoms with Crippen LogP contribution in [-0.2, 0) is 0 Å². The molecule has 0 unspecified atom stereocenters. The monoisotopic (exact) mass is 704 g/mol. The fourth-order valence-corrected chi connectivity index (χ4v) is 7.23. The second-order valence-electron chi connectivity index (χ2n) is 13.5. The maximum absolute atomic E-state index is 6.53. The Kier molecular flexibility index (Phi) is 8.08. The molecule has 0 aliphatic carbocycles. The van der Waals surface area contributed by atoms with Crippen molar-refractivity contribution in [3.05, 3.63) is 194 Å². The summed E-state index contributed by atoms with van der Waals surface area (Å²) in [4.78, 5) is 19.4. The third kappa shape index (κ3) is 6.24. The van der Waals surface area contributed by atoms with Gasteiger partial charge in [-0.2, -0.15) is 0 Å². The number of hydrogen-bond acceptors (Lipinski definition) is 5. The van der Waals surface area contributed by atoms with Gasteiger partial charge in [0, 0.05) is 39.9 Å². The average molecular weight is 705 g/mol. The van der Waals surface area contributed by atoms with Crippen molar-refractivity contribution in [2.45, 2.75) is 0 Å². The lowest BCUT2D eigenvalue weighted by atomic mass is 9.96. The number of nitrogens with zero attached hydrogens (tertiary/aromatic N) is 4. The summed E-state index contributed by atoms with van der Waals surface area (Å²) in [5, 5.41) is 2.12. The van der Waals surface area contributed by atoms with Crippen molar-refractivity contribution < 1.29 is 4.42 Å². The SMILES string of the molecule is c1ccc(-c2ccc(-c3nc(-c4ccc(-c5cccnc5)cc4)nc(-c4ccc5c(c4)oc4cccc(-c6ccc(-c7ccccc7)cc6)c45)n3)cc2)cc1. The zero-order valence-corrected chi connectivity index (χ0v) is 29.7. The van der Waals surface area contributed by atoms with E-state index in [0.29, 0.717) is 17.5 Å². The first kappa shape index (κ1) is 32.2. The molecule has 0 aliphatic rings. The van der Waals surface area contributed by atoms with Gasteiger partial charge in [-0.25, -0.2) is 15.0 Å². The third-order valence-corrected chi connectivity index (χ3v) is 10.1. The highest BCUT2D eigenvalue weighted by molar-refractivity contribution is 6.13. The Labute approximate surface area is 318 Å². The molecule has 0 radical (unpaired) electrons. The van der Waals surface area contributed by atoms with Crippen LogP contribution in [0.5, 0.6) is 0 Å². The first-order valence-electron chi connectivity index (χ1n) is 18.3. The largest absolute Gasteiger partial charge is 0.456 e. The molecule has 3 aromatic heterocycles. The number of fused-ring (bicyclic) bond motifs is 3. The fourth-order valence-electron chi connectivity index (χ4n) is 7.23. The summed E-state index contributed by atoms with van der Waals surface area (Å²) in [5.74, 6) is 1.76. The molecular formula is C50H32N4O. The predicted octanol–water partition coefficient (Wildman–Crippen LogP) is 12.8. The van der Waals surface area contributed by atoms with Gasteiger partial charge >= 0.3 is 0 Å². The molecule has 0 fully saturated rings. The first-order chi connectivity index (χ1) is 27.2. The molecule has 0 N–H and O–H groups in total. The van der Waals surface area contributed by atoms with Crippen LogP contribution in [0.25, 0.3) is 101 Å². The van der Waals surface area contributed by atoms with Gasteiger partial charge in [-0.15, -0.1) is 0 Å². The second-order valence-corrected chi connectivity index (χ2v) is 13.5. The lowest BCUT2D eigenvalue weighted by molar-refractivity contribution is 0.669. The average Bonchev–Trinajstić information content (AvgIpc) is 3.66. The maximum atomic E-state index is 6.53. The van der Waals surface area contributed by atoms with Crippen molar-refractivity contribution in [3.8, 4) is 78.7 Å². The molecule has 10 rings (SSSR count). The van der Waals surface area contributed by atoms with E-state index in [4.69, 9.17) is 19.4 Å². The number of rotatable bonds is 7. The van der Waals surface area contributed by atoms with E-state index < -0.39 is 0 Å². The highest BCUT2D eigenvalue weighted by Gasteiger charge is 2.17. The van der Waals surface area contributed by atoms with Crippen LogP contribution in [0.2, 0.25) is 0 Å². The molecule has 258 valence electrons. The number of benzene rings is 7. The molecule has 0 bridgehead atoms. The summed E-state index contributed by atoms with van der Waals surface area (Å²) in [6.45, 7) is 0. The van der Waals surface area contributed by atoms with Crippen molar-refractivity contribution in [2.75, 3.05) is 0 Å². The van der Waals surface area contributed by atoms with Gasteiger partial charge in [-0.3, -0.25) is 4.98 Å². The summed E-state index contributed by atoms with van der Waals surface area (Å²) >= 11 is 0. The molecule has 0 amide bonds. The van der Waals surface area contributed by atoms with Crippen LogP contribution in [0.3, 0.4) is 0 Å². The van der Waals surface area contributed by atoms with Gasteiger partial charge in [0.25, 0.3) is 0 Å². The van der Waals surface area contributed by atoms with Gasteiger partial charge in [0.05, 0.1) is 0 Å². The summed E-state index contributed by atoms with van der Waals surface area (Å²) < 4.78 is 6.53. The van der Waals surface area contributed by atoms with Gasteiger partial charge in [0.15, 0.2) is 17.5 Å². The Bertz CT molecular complexity index is 2820. The van der Waals surface area contributed by atoms with E-state index in [1.807, 2.05) is 36.5 Å². The molecule has 3 heterocycles. The van der Waals surface area contributed by atoms with Crippen LogP contribution in [0, 0.1) is 0 Å². The first-order valence-corrected chi connectivity index (χ1v) is 18.3. The molecule has 0 atom stereocenters. The van der Waals surface area contributed by atoms with Crippen molar-refractivity contribution in [3.63, 3.8) is 0 Å². The molecular weight excluding hydrogens is 673 g/mol. The molecule has 0 saturated carbocycles. The molecule has 10 aromatic rings. The topological polar surface area (TPSA) is 64.7 Å². The number of furan rings is 1. The van der Waals surface area contributed by atoms with Crippen LogP contribution in [0.15, 0.2) is 199 Å². The van der Waals surface area contributed by atoms with Crippen molar-refractivity contribution in [1.82, 2.24) is 19.9 Å². The summed E-state index contributed by atoms with van der Waals surface area (Å²) in [6, 6.07) is 62.7. The van der Waals surface area contributed by atoms with Gasteiger partial charge in [0.1, 0.15) is 11.2 Å². The van der Waals surface area contributed by atoms with E-state index >= 15 is 0 Å². The van der Waals surface area contributed by atoms with E-state index in [1.165, 1.54) is 11.1 Å². The van der Waals surface area contributed by atoms with Crippen LogP contribution in [0.1, 0.15) is 0 Å². The van der Waals surface area contributed by atoms with Gasteiger partial charge < -0.3 is 4.42 Å². The zero-order chi connectivity index (χ0) is 36.6. The number of hydrogen-bond donors (Lipinski definition) is 0. The Morgan fingerprint density at radius 1 is 0.327 bits per heavy atom. The van der Waals surface area contributed by atoms with E-state index in [2.05, 4.69) is 157 Å². The van der Waals surface area contributed by atoms with E-state index in [-0.39, 0.29) is 0 Å². The minimum Gasteiger partial charge on any atom is -0.456 e. The van der Waals surface area contributed by atoms with Gasteiger partial charge in [-0.1, -0.05) is 158 Å². The Morgan fingerprint density at radius 3 is 1.36 bits per heavy atom. The molecule has 55 heavy (non-hydrogen) atoms. The second kappa shape index (κ2) is 13.8. The summed E-state index contributed by atoms with van der Waals surface area (Å²) in [6.07, 6.45) is 3.65. The van der Waals surface area contributed by atoms with Crippen LogP contribution >= 0.6 is 0 Å². The lowest BCUT2D eigenvalue weighted by Gasteiger charge is -2.10. The number of aromatic nitrogens is 4. The van der Waals surface area contributed by atoms with Crippen LogP contribution in [-0.4, -0.2) is 19.9 Å². The molecule has 5 nitrogen and oxygen atoms in total. The minimum absolute atomic E-state index is 0.572. The molecule has 0 aliphatic heterocycles. The van der Waals surface area contributed by atoms with Crippen molar-refractivity contribution in [1.29, 1.82) is 0 Å². The fraction of sp³-hybridized carbons (Fsp3) is 0. The summed E-state index contributed by atoms with van der Waals surface area (Å²) in [7, 11) is 0. The normalized spacial score (nSPS) is 11.3. The molecule has 0 saturated heterocycles. The number of pyridine rings is 1. The Hall–Kier alpha value is -7.50. The quantitative estimate of drug-likeness (QED) is 0.165. The highest BCUT2D eigenvalue weighted by atomic mass is 16.3. The van der Waals surface area contributed by atoms with E-state index in [1.54, 1.807) is 6.20 Å². The van der Waals surface area contributed by atoms with Crippen LogP contribution < -0.4 is 0 Å². The van der Waals surface area contributed by atoms with Crippen LogP contribution in [0.4, 0.5) is 0 Å². The van der Waals surface area contributed by atoms with E-state index in [9.17, 15) is 0 Å². The minimum atomic E-state index is 0.572. The van der Waals surface area contributed by atoms with Gasteiger partial charge in [-0.05, 0) is 68.8 Å². The predicted molar refractivity (Wildman–Crippen MR) is 223 cm³/mol. The standard InChI is InChI=1S/C50H32N4O/c1-3-9-33(10-4-1)35-16-22-38(23-17-35)43-14-7-15-45-47(43)44-29-28-41(31-46(44)55-45)50-53-48(39-24-18-36(19-25-39)34-11-5-2-6-12-34)52-49(54-50)40-26-20-37(21-27-40)42-13-8-30-51-32-42/h1-32H. The maximum Gasteiger partial charge on any atom is 0.164 e. The zero-order valence-electron chi connectivity index (χ0n) is 29.7. The summed E-state index contributed by atoms with van der Waals surface area (Å²) in [5.41, 5.74) is 13.3. The molecule has 5 heteroatoms. The third-order valence-electron chi connectivity index (χ3n) is 10.1. The van der Waals surface area contributed by atoms with Crippen molar-refractivity contribution in [2.24, 2.45) is 0 Å². The van der Waals surface area contributed by atoms with E-state index in [0.717, 1.165) is 72.0 Å². The Balaban J connectivity index is 1.06. The highest BCUT2D eigenvalue weighted by Crippen LogP contribution is 2.39.